The number of nitrogens with zero attached hydrogens (tertiary/aromatic N) is 6. The van der Waals surface area contributed by atoms with Crippen molar-refractivity contribution in [1.82, 2.24) is 29.8 Å². The Morgan fingerprint density at radius 1 is 1.23 bits per heavy atom. The molecule has 9 heteroatoms. The van der Waals surface area contributed by atoms with Crippen molar-refractivity contribution in [2.24, 2.45) is 10.7 Å². The second-order valence-corrected chi connectivity index (χ2v) is 9.80. The molecule has 0 saturated carbocycles. The minimum atomic E-state index is 0.466. The summed E-state index contributed by atoms with van der Waals surface area (Å²) in [6.45, 7) is 6.61. The third-order valence-electron chi connectivity index (χ3n) is 6.71. The molecule has 9 nitrogen and oxygen atoms in total. The lowest BCUT2D eigenvalue weighted by Crippen LogP contribution is -2.27. The summed E-state index contributed by atoms with van der Waals surface area (Å²) in [5.74, 6) is 0.709. The maximum Gasteiger partial charge on any atom is 0.157 e. The molecule has 0 amide bonds. The zero-order chi connectivity index (χ0) is 27.5. The van der Waals surface area contributed by atoms with Crippen LogP contribution in [0.5, 0.6) is 0 Å². The number of aryl methyl sites for hydroxylation is 1. The number of fused-ring (bicyclic) bond motifs is 1. The van der Waals surface area contributed by atoms with Gasteiger partial charge in [0.1, 0.15) is 18.1 Å². The van der Waals surface area contributed by atoms with E-state index < -0.39 is 0 Å². The van der Waals surface area contributed by atoms with Crippen LogP contribution in [0, 0.1) is 6.92 Å². The summed E-state index contributed by atoms with van der Waals surface area (Å²) in [7, 11) is 4.04. The first-order chi connectivity index (χ1) is 18.9. The van der Waals surface area contributed by atoms with Gasteiger partial charge in [0.2, 0.25) is 0 Å². The van der Waals surface area contributed by atoms with E-state index in [0.29, 0.717) is 18.9 Å². The predicted molar refractivity (Wildman–Crippen MR) is 158 cm³/mol. The lowest BCUT2D eigenvalue weighted by atomic mass is 9.97. The van der Waals surface area contributed by atoms with Crippen LogP contribution in [0.2, 0.25) is 0 Å². The Bertz CT molecular complexity index is 1570. The van der Waals surface area contributed by atoms with Crippen LogP contribution in [0.3, 0.4) is 0 Å². The summed E-state index contributed by atoms with van der Waals surface area (Å²) < 4.78 is 1.99. The molecule has 0 radical (unpaired) electrons. The molecule has 200 valence electrons. The number of aromatic amines is 1. The molecule has 2 aliphatic rings. The fourth-order valence-electron chi connectivity index (χ4n) is 4.73. The number of H-pyrrole nitrogens is 1. The molecule has 3 aromatic heterocycles. The van der Waals surface area contributed by atoms with Crippen molar-refractivity contribution in [3.63, 3.8) is 0 Å². The van der Waals surface area contributed by atoms with Crippen LogP contribution in [0.4, 0.5) is 5.69 Å². The maximum atomic E-state index is 6.32. The van der Waals surface area contributed by atoms with Gasteiger partial charge in [0, 0.05) is 55.4 Å². The third-order valence-corrected chi connectivity index (χ3v) is 6.71. The Morgan fingerprint density at radius 2 is 2.08 bits per heavy atom. The Hall–Kier alpha value is -4.66. The van der Waals surface area contributed by atoms with E-state index in [9.17, 15) is 0 Å². The Kier molecular flexibility index (Phi) is 7.31. The van der Waals surface area contributed by atoms with E-state index >= 15 is 0 Å². The van der Waals surface area contributed by atoms with Gasteiger partial charge in [-0.2, -0.15) is 0 Å². The van der Waals surface area contributed by atoms with Gasteiger partial charge in [0.15, 0.2) is 5.82 Å². The molecular formula is C30H35N9. The number of aliphatic imine (C=N–C) groups is 1. The number of aromatic nitrogens is 5. The molecule has 0 aromatic carbocycles. The summed E-state index contributed by atoms with van der Waals surface area (Å²) >= 11 is 0. The first kappa shape index (κ1) is 26.0. The number of hydrogen-bond acceptors (Lipinski definition) is 7. The quantitative estimate of drug-likeness (QED) is 0.445. The van der Waals surface area contributed by atoms with Crippen molar-refractivity contribution in [3.05, 3.63) is 107 Å². The van der Waals surface area contributed by atoms with Crippen molar-refractivity contribution in [1.29, 1.82) is 0 Å². The number of imidazole rings is 2. The maximum absolute atomic E-state index is 6.32. The summed E-state index contributed by atoms with van der Waals surface area (Å²) in [5, 5.41) is 3.42. The molecule has 1 aliphatic carbocycles. The fourth-order valence-corrected chi connectivity index (χ4v) is 4.73. The summed E-state index contributed by atoms with van der Waals surface area (Å²) in [5.41, 5.74) is 16.7. The van der Waals surface area contributed by atoms with Crippen molar-refractivity contribution < 1.29 is 0 Å². The largest absolute Gasteiger partial charge is 0.402 e. The van der Waals surface area contributed by atoms with E-state index in [1.165, 1.54) is 0 Å². The van der Waals surface area contributed by atoms with Gasteiger partial charge in [-0.15, -0.1) is 0 Å². The topological polar surface area (TPSA) is 113 Å². The van der Waals surface area contributed by atoms with Gasteiger partial charge in [0.25, 0.3) is 0 Å². The zero-order valence-electron chi connectivity index (χ0n) is 23.2. The van der Waals surface area contributed by atoms with Gasteiger partial charge >= 0.3 is 0 Å². The van der Waals surface area contributed by atoms with Crippen LogP contribution in [-0.2, 0) is 6.42 Å². The molecule has 39 heavy (non-hydrogen) atoms. The van der Waals surface area contributed by atoms with Crippen LogP contribution >= 0.6 is 0 Å². The van der Waals surface area contributed by atoms with Gasteiger partial charge in [-0.3, -0.25) is 9.98 Å². The van der Waals surface area contributed by atoms with E-state index in [2.05, 4.69) is 56.4 Å². The van der Waals surface area contributed by atoms with Crippen molar-refractivity contribution in [2.45, 2.75) is 33.6 Å². The van der Waals surface area contributed by atoms with Gasteiger partial charge in [-0.1, -0.05) is 19.1 Å². The standard InChI is InChI=1S/C30H35N9/c1-6-8-20(21-11-23(38(4)5)15-32-14-21)12-24-25(7-2)33-17-34-28(24)30-36-26-13-22(31)9-10-27(29(26)37-30)39-16-19(3)35-18-39/h7-12,14-16,18,33H,6,13,17,31H2,1-5H3,(H,36,37)/b20-8-,24-12+,25-7+. The highest BCUT2D eigenvalue weighted by Crippen LogP contribution is 2.29. The molecule has 0 unspecified atom stereocenters. The normalized spacial score (nSPS) is 17.8. The Balaban J connectivity index is 1.61. The van der Waals surface area contributed by atoms with Gasteiger partial charge in [0.05, 0.1) is 35.3 Å². The van der Waals surface area contributed by atoms with E-state index in [-0.39, 0.29) is 0 Å². The molecule has 0 fully saturated rings. The average Bonchev–Trinajstić information content (AvgIpc) is 3.51. The fraction of sp³-hybridized carbons (Fsp3) is 0.267. The summed E-state index contributed by atoms with van der Waals surface area (Å²) in [6, 6.07) is 2.16. The van der Waals surface area contributed by atoms with Crippen LogP contribution in [0.15, 0.2) is 83.3 Å². The lowest BCUT2D eigenvalue weighted by molar-refractivity contribution is 0.818. The number of rotatable bonds is 6. The number of nitrogens with one attached hydrogen (secondary N) is 2. The SMILES string of the molecule is C/C=C1/NCN=C(c2nc3c([nH]2)CC(N)=CC=C3n2cnc(C)c2)/C1=C/C(=C/CC)c1cncc(N(C)C)c1. The number of pyridine rings is 1. The third kappa shape index (κ3) is 5.34. The molecule has 0 spiro atoms. The molecular weight excluding hydrogens is 486 g/mol. The van der Waals surface area contributed by atoms with Crippen LogP contribution in [0.1, 0.15) is 48.7 Å². The van der Waals surface area contributed by atoms with Crippen molar-refractivity contribution >= 4 is 22.7 Å². The second-order valence-electron chi connectivity index (χ2n) is 9.80. The van der Waals surface area contributed by atoms with E-state index in [1.807, 2.05) is 63.3 Å². The van der Waals surface area contributed by atoms with E-state index in [4.69, 9.17) is 15.7 Å². The number of anilines is 1. The highest BCUT2D eigenvalue weighted by molar-refractivity contribution is 6.15. The minimum absolute atomic E-state index is 0.466. The van der Waals surface area contributed by atoms with E-state index in [1.54, 1.807) is 6.33 Å². The molecule has 3 aromatic rings. The number of hydrogen-bond donors (Lipinski definition) is 3. The van der Waals surface area contributed by atoms with E-state index in [0.717, 1.165) is 68.7 Å². The monoisotopic (exact) mass is 521 g/mol. The van der Waals surface area contributed by atoms with Crippen LogP contribution in [-0.4, -0.2) is 51.0 Å². The average molecular weight is 522 g/mol. The molecule has 0 bridgehead atoms. The van der Waals surface area contributed by atoms with Gasteiger partial charge in [-0.05, 0) is 50.1 Å². The summed E-state index contributed by atoms with van der Waals surface area (Å²) in [4.78, 5) is 24.5. The summed E-state index contributed by atoms with van der Waals surface area (Å²) in [6.07, 6.45) is 19.4. The molecule has 0 saturated heterocycles. The molecule has 1 aliphatic heterocycles. The highest BCUT2D eigenvalue weighted by atomic mass is 15.1. The van der Waals surface area contributed by atoms with Crippen molar-refractivity contribution in [2.75, 3.05) is 25.7 Å². The highest BCUT2D eigenvalue weighted by Gasteiger charge is 2.25. The molecule has 4 N–H and O–H groups in total. The first-order valence-corrected chi connectivity index (χ1v) is 13.1. The van der Waals surface area contributed by atoms with Crippen LogP contribution in [0.25, 0.3) is 11.3 Å². The first-order valence-electron chi connectivity index (χ1n) is 13.1. The van der Waals surface area contributed by atoms with Gasteiger partial charge in [-0.25, -0.2) is 9.97 Å². The number of nitrogens with two attached hydrogens (primary N) is 1. The smallest absolute Gasteiger partial charge is 0.157 e. The minimum Gasteiger partial charge on any atom is -0.402 e. The molecule has 4 heterocycles. The van der Waals surface area contributed by atoms with Crippen molar-refractivity contribution in [3.8, 4) is 0 Å². The zero-order valence-corrected chi connectivity index (χ0v) is 23.2. The van der Waals surface area contributed by atoms with Gasteiger partial charge < -0.3 is 25.5 Å². The predicted octanol–water partition coefficient (Wildman–Crippen LogP) is 4.34. The number of allylic oxidation sites excluding steroid dienone is 8. The lowest BCUT2D eigenvalue weighted by Gasteiger charge is -2.21. The Labute approximate surface area is 229 Å². The molecule has 5 rings (SSSR count). The molecule has 0 atom stereocenters. The second kappa shape index (κ2) is 11.0. The van der Waals surface area contributed by atoms with Crippen LogP contribution < -0.4 is 16.0 Å². The Morgan fingerprint density at radius 3 is 2.79 bits per heavy atom.